The Labute approximate surface area is 140 Å². The van der Waals surface area contributed by atoms with Crippen molar-refractivity contribution < 1.29 is 14.5 Å². The highest BCUT2D eigenvalue weighted by molar-refractivity contribution is 9.10. The second-order valence-electron chi connectivity index (χ2n) is 4.57. The summed E-state index contributed by atoms with van der Waals surface area (Å²) in [5, 5.41) is 13.4. The van der Waals surface area contributed by atoms with Crippen molar-refractivity contribution in [3.05, 3.63) is 63.1 Å². The summed E-state index contributed by atoms with van der Waals surface area (Å²) in [6.07, 6.45) is 0.458. The maximum absolute atomic E-state index is 12.0. The fourth-order valence-corrected chi connectivity index (χ4v) is 2.30. The zero-order valence-electron chi connectivity index (χ0n) is 11.8. The van der Waals surface area contributed by atoms with E-state index in [1.165, 1.54) is 24.3 Å². The quantitative estimate of drug-likeness (QED) is 0.475. The van der Waals surface area contributed by atoms with Crippen LogP contribution >= 0.6 is 15.9 Å². The van der Waals surface area contributed by atoms with Crippen LogP contribution in [0.3, 0.4) is 0 Å². The van der Waals surface area contributed by atoms with Crippen molar-refractivity contribution in [2.45, 2.75) is 0 Å². The Hall–Kier alpha value is -2.74. The van der Waals surface area contributed by atoms with E-state index in [0.717, 1.165) is 9.37 Å². The number of nitrogens with zero attached hydrogens (tertiary/aromatic N) is 2. The number of nitro groups is 1. The predicted octanol–water partition coefficient (Wildman–Crippen LogP) is 2.96. The van der Waals surface area contributed by atoms with Gasteiger partial charge in [-0.05, 0) is 24.3 Å². The monoisotopic (exact) mass is 377 g/mol. The Morgan fingerprint density at radius 3 is 2.65 bits per heavy atom. The number of amides is 2. The summed E-state index contributed by atoms with van der Waals surface area (Å²) in [7, 11) is 0. The summed E-state index contributed by atoms with van der Waals surface area (Å²) in [6, 6.07) is 12.5. The molecule has 0 heterocycles. The predicted molar refractivity (Wildman–Crippen MR) is 89.3 cm³/mol. The number of rotatable bonds is 6. The van der Waals surface area contributed by atoms with Gasteiger partial charge in [0.15, 0.2) is 0 Å². The van der Waals surface area contributed by atoms with Crippen molar-refractivity contribution in [1.29, 1.82) is 0 Å². The normalized spacial score (nSPS) is 9.96. The number of anilines is 2. The molecule has 8 heteroatoms. The molecule has 0 spiro atoms. The SMILES string of the molecule is O=CN(CC(=O)Nc1cccc(Br)c1)c1cccc([N+](=O)[O-])c1. The third-order valence-corrected chi connectivity index (χ3v) is 3.42. The van der Waals surface area contributed by atoms with Crippen molar-refractivity contribution in [3.63, 3.8) is 0 Å². The molecule has 0 fully saturated rings. The summed E-state index contributed by atoms with van der Waals surface area (Å²) in [4.78, 5) is 34.5. The molecule has 0 unspecified atom stereocenters. The molecule has 0 atom stereocenters. The molecule has 2 aromatic rings. The molecule has 7 nitrogen and oxygen atoms in total. The molecule has 0 saturated carbocycles. The third-order valence-electron chi connectivity index (χ3n) is 2.92. The van der Waals surface area contributed by atoms with Crippen LogP contribution in [0.25, 0.3) is 0 Å². The highest BCUT2D eigenvalue weighted by Crippen LogP contribution is 2.20. The van der Waals surface area contributed by atoms with Gasteiger partial charge in [0.25, 0.3) is 5.69 Å². The van der Waals surface area contributed by atoms with E-state index >= 15 is 0 Å². The van der Waals surface area contributed by atoms with E-state index in [1.54, 1.807) is 18.2 Å². The highest BCUT2D eigenvalue weighted by atomic mass is 79.9. The number of halogens is 1. The number of hydrogen-bond donors (Lipinski definition) is 1. The first-order valence-electron chi connectivity index (χ1n) is 6.51. The van der Waals surface area contributed by atoms with Gasteiger partial charge in [-0.3, -0.25) is 19.7 Å². The lowest BCUT2D eigenvalue weighted by Gasteiger charge is -2.17. The standard InChI is InChI=1S/C15H12BrN3O4/c16-11-3-1-4-12(7-11)17-15(21)9-18(10-20)13-5-2-6-14(8-13)19(22)23/h1-8,10H,9H2,(H,17,21). The number of non-ortho nitro benzene ring substituents is 1. The van der Waals surface area contributed by atoms with Gasteiger partial charge < -0.3 is 10.2 Å². The van der Waals surface area contributed by atoms with Crippen LogP contribution in [0.15, 0.2) is 53.0 Å². The van der Waals surface area contributed by atoms with Crippen LogP contribution in [0.4, 0.5) is 17.1 Å². The molecular weight excluding hydrogens is 366 g/mol. The number of hydrogen-bond acceptors (Lipinski definition) is 4. The van der Waals surface area contributed by atoms with Crippen LogP contribution in [-0.2, 0) is 9.59 Å². The highest BCUT2D eigenvalue weighted by Gasteiger charge is 2.14. The van der Waals surface area contributed by atoms with E-state index in [-0.39, 0.29) is 17.9 Å². The van der Waals surface area contributed by atoms with Gasteiger partial charge in [-0.2, -0.15) is 0 Å². The first-order valence-corrected chi connectivity index (χ1v) is 7.30. The Kier molecular flexibility index (Phi) is 5.42. The van der Waals surface area contributed by atoms with Crippen molar-refractivity contribution >= 4 is 45.3 Å². The van der Waals surface area contributed by atoms with Gasteiger partial charge in [-0.1, -0.05) is 28.1 Å². The van der Waals surface area contributed by atoms with Gasteiger partial charge >= 0.3 is 0 Å². The van der Waals surface area contributed by atoms with Crippen molar-refractivity contribution in [3.8, 4) is 0 Å². The molecule has 0 aliphatic rings. The first kappa shape index (κ1) is 16.6. The smallest absolute Gasteiger partial charge is 0.271 e. The lowest BCUT2D eigenvalue weighted by atomic mass is 10.2. The molecule has 0 aliphatic heterocycles. The zero-order chi connectivity index (χ0) is 16.8. The van der Waals surface area contributed by atoms with Crippen LogP contribution in [0.5, 0.6) is 0 Å². The van der Waals surface area contributed by atoms with Gasteiger partial charge in [-0.15, -0.1) is 0 Å². The van der Waals surface area contributed by atoms with Crippen molar-refractivity contribution in [1.82, 2.24) is 0 Å². The second-order valence-corrected chi connectivity index (χ2v) is 5.48. The number of benzene rings is 2. The molecule has 2 rings (SSSR count). The molecule has 0 bridgehead atoms. The van der Waals surface area contributed by atoms with Gasteiger partial charge in [0.1, 0.15) is 6.54 Å². The van der Waals surface area contributed by atoms with Gasteiger partial charge in [0, 0.05) is 22.3 Å². The number of nitro benzene ring substituents is 1. The molecular formula is C15H12BrN3O4. The zero-order valence-corrected chi connectivity index (χ0v) is 13.4. The number of carbonyl (C=O) groups excluding carboxylic acids is 2. The van der Waals surface area contributed by atoms with E-state index in [0.29, 0.717) is 12.1 Å². The second kappa shape index (κ2) is 7.50. The maximum atomic E-state index is 12.0. The summed E-state index contributed by atoms with van der Waals surface area (Å²) in [5.74, 6) is -0.415. The molecule has 23 heavy (non-hydrogen) atoms. The van der Waals surface area contributed by atoms with E-state index in [9.17, 15) is 19.7 Å². The Morgan fingerprint density at radius 1 is 1.26 bits per heavy atom. The van der Waals surface area contributed by atoms with Crippen LogP contribution in [0, 0.1) is 10.1 Å². The molecule has 2 aromatic carbocycles. The fourth-order valence-electron chi connectivity index (χ4n) is 1.90. The Bertz CT molecular complexity index is 751. The van der Waals surface area contributed by atoms with Gasteiger partial charge in [0.2, 0.25) is 12.3 Å². The number of nitrogens with one attached hydrogen (secondary N) is 1. The molecule has 1 N–H and O–H groups in total. The molecule has 0 aromatic heterocycles. The topological polar surface area (TPSA) is 92.6 Å². The lowest BCUT2D eigenvalue weighted by molar-refractivity contribution is -0.384. The average Bonchev–Trinajstić information content (AvgIpc) is 2.52. The maximum Gasteiger partial charge on any atom is 0.271 e. The lowest BCUT2D eigenvalue weighted by Crippen LogP contribution is -2.32. The molecule has 0 aliphatic carbocycles. The summed E-state index contributed by atoms with van der Waals surface area (Å²) >= 11 is 3.29. The van der Waals surface area contributed by atoms with Crippen LogP contribution in [0.2, 0.25) is 0 Å². The fraction of sp³-hybridized carbons (Fsp3) is 0.0667. The summed E-state index contributed by atoms with van der Waals surface area (Å²) in [6.45, 7) is -0.253. The first-order chi connectivity index (χ1) is 11.0. The van der Waals surface area contributed by atoms with E-state index < -0.39 is 10.8 Å². The average molecular weight is 378 g/mol. The van der Waals surface area contributed by atoms with Crippen molar-refractivity contribution in [2.75, 3.05) is 16.8 Å². The van der Waals surface area contributed by atoms with E-state index in [1.807, 2.05) is 6.07 Å². The summed E-state index contributed by atoms with van der Waals surface area (Å²) < 4.78 is 0.807. The van der Waals surface area contributed by atoms with Gasteiger partial charge in [0.05, 0.1) is 10.6 Å². The minimum atomic E-state index is -0.561. The van der Waals surface area contributed by atoms with Gasteiger partial charge in [-0.25, -0.2) is 0 Å². The minimum Gasteiger partial charge on any atom is -0.324 e. The number of carbonyl (C=O) groups is 2. The Balaban J connectivity index is 2.10. The Morgan fingerprint density at radius 2 is 2.00 bits per heavy atom. The third kappa shape index (κ3) is 4.62. The van der Waals surface area contributed by atoms with Crippen LogP contribution in [-0.4, -0.2) is 23.8 Å². The van der Waals surface area contributed by atoms with Crippen LogP contribution < -0.4 is 10.2 Å². The summed E-state index contributed by atoms with van der Waals surface area (Å²) in [5.41, 5.74) is 0.703. The molecule has 0 saturated heterocycles. The van der Waals surface area contributed by atoms with E-state index in [2.05, 4.69) is 21.2 Å². The van der Waals surface area contributed by atoms with Crippen LogP contribution in [0.1, 0.15) is 0 Å². The largest absolute Gasteiger partial charge is 0.324 e. The molecule has 2 amide bonds. The van der Waals surface area contributed by atoms with Crippen molar-refractivity contribution in [2.24, 2.45) is 0 Å². The minimum absolute atomic E-state index is 0.151. The molecule has 118 valence electrons. The molecule has 0 radical (unpaired) electrons. The van der Waals surface area contributed by atoms with E-state index in [4.69, 9.17) is 0 Å².